The van der Waals surface area contributed by atoms with Gasteiger partial charge in [0, 0.05) is 33.8 Å². The van der Waals surface area contributed by atoms with Crippen molar-refractivity contribution in [1.29, 1.82) is 0 Å². The van der Waals surface area contributed by atoms with Crippen LogP contribution >= 0.6 is 0 Å². The van der Waals surface area contributed by atoms with Crippen molar-refractivity contribution in [2.45, 2.75) is 26.3 Å². The Hall–Kier alpha value is -2.87. The molecule has 0 saturated carbocycles. The van der Waals surface area contributed by atoms with Gasteiger partial charge in [0.1, 0.15) is 0 Å². The molecule has 0 aliphatic rings. The summed E-state index contributed by atoms with van der Waals surface area (Å²) in [6.45, 7) is 6.47. The van der Waals surface area contributed by atoms with E-state index in [2.05, 4.69) is 37.5 Å². The van der Waals surface area contributed by atoms with Crippen LogP contribution in [-0.2, 0) is 5.54 Å². The van der Waals surface area contributed by atoms with Crippen LogP contribution in [0, 0.1) is 0 Å². The highest BCUT2D eigenvalue weighted by atomic mass is 16.1. The van der Waals surface area contributed by atoms with E-state index in [4.69, 9.17) is 0 Å². The predicted molar refractivity (Wildman–Crippen MR) is 104 cm³/mol. The number of carbonyl (C=O) groups is 1. The number of nitrogens with zero attached hydrogens (tertiary/aromatic N) is 1. The van der Waals surface area contributed by atoms with Crippen LogP contribution in [0.3, 0.4) is 0 Å². The first kappa shape index (κ1) is 15.6. The summed E-state index contributed by atoms with van der Waals surface area (Å²) in [5.74, 6) is 0.0740. The molecule has 0 aliphatic carbocycles. The number of hydrogen-bond acceptors (Lipinski definition) is 1. The minimum absolute atomic E-state index is 0.0740. The number of para-hydroxylation sites is 1. The van der Waals surface area contributed by atoms with Gasteiger partial charge in [-0.25, -0.2) is 0 Å². The predicted octanol–water partition coefficient (Wildman–Crippen LogP) is 5.78. The lowest BCUT2D eigenvalue weighted by atomic mass is 10.00. The molecule has 25 heavy (non-hydrogen) atoms. The Balaban J connectivity index is 1.90. The zero-order valence-corrected chi connectivity index (χ0v) is 14.8. The van der Waals surface area contributed by atoms with Crippen LogP contribution in [0.15, 0.2) is 72.9 Å². The lowest BCUT2D eigenvalue weighted by Crippen LogP contribution is -2.20. The molecule has 0 fully saturated rings. The molecule has 2 heteroatoms. The van der Waals surface area contributed by atoms with E-state index in [1.54, 1.807) is 0 Å². The van der Waals surface area contributed by atoms with Gasteiger partial charge in [-0.2, -0.15) is 0 Å². The first-order valence-electron chi connectivity index (χ1n) is 8.59. The van der Waals surface area contributed by atoms with E-state index < -0.39 is 0 Å². The Kier molecular flexibility index (Phi) is 3.50. The zero-order chi connectivity index (χ0) is 17.6. The molecule has 0 bridgehead atoms. The second-order valence-corrected chi connectivity index (χ2v) is 7.49. The Bertz CT molecular complexity index is 1100. The van der Waals surface area contributed by atoms with Crippen molar-refractivity contribution in [1.82, 2.24) is 4.57 Å². The molecular weight excluding hydrogens is 306 g/mol. The highest BCUT2D eigenvalue weighted by Crippen LogP contribution is 2.29. The van der Waals surface area contributed by atoms with Gasteiger partial charge < -0.3 is 4.57 Å². The van der Waals surface area contributed by atoms with Crippen molar-refractivity contribution < 1.29 is 4.79 Å². The minimum atomic E-state index is -0.0818. The van der Waals surface area contributed by atoms with Gasteiger partial charge >= 0.3 is 0 Å². The summed E-state index contributed by atoms with van der Waals surface area (Å²) in [7, 11) is 0. The molecule has 3 aromatic carbocycles. The van der Waals surface area contributed by atoms with Crippen molar-refractivity contribution in [3.8, 4) is 0 Å². The largest absolute Gasteiger partial charge is 0.341 e. The highest BCUT2D eigenvalue weighted by molar-refractivity contribution is 6.17. The molecule has 0 saturated heterocycles. The van der Waals surface area contributed by atoms with Crippen LogP contribution in [0.5, 0.6) is 0 Å². The molecule has 0 unspecified atom stereocenters. The van der Waals surface area contributed by atoms with Crippen molar-refractivity contribution >= 4 is 27.5 Å². The Morgan fingerprint density at radius 3 is 2.28 bits per heavy atom. The Morgan fingerprint density at radius 1 is 0.840 bits per heavy atom. The van der Waals surface area contributed by atoms with Gasteiger partial charge in [0.15, 0.2) is 5.78 Å². The van der Waals surface area contributed by atoms with Crippen LogP contribution in [-0.4, -0.2) is 10.4 Å². The molecule has 0 N–H and O–H groups in total. The summed E-state index contributed by atoms with van der Waals surface area (Å²) in [5, 5.41) is 3.25. The van der Waals surface area contributed by atoms with Gasteiger partial charge in [0.2, 0.25) is 0 Å². The first-order valence-corrected chi connectivity index (χ1v) is 8.59. The molecule has 2 nitrogen and oxygen atoms in total. The average Bonchev–Trinajstić information content (AvgIpc) is 3.00. The molecule has 4 rings (SSSR count). The van der Waals surface area contributed by atoms with Crippen LogP contribution in [0.4, 0.5) is 0 Å². The number of rotatable bonds is 2. The minimum Gasteiger partial charge on any atom is -0.341 e. The normalized spacial score (nSPS) is 12.0. The van der Waals surface area contributed by atoms with E-state index in [1.807, 2.05) is 60.8 Å². The quantitative estimate of drug-likeness (QED) is 0.428. The molecule has 1 heterocycles. The summed E-state index contributed by atoms with van der Waals surface area (Å²) in [5.41, 5.74) is 2.51. The van der Waals surface area contributed by atoms with E-state index in [9.17, 15) is 4.79 Å². The van der Waals surface area contributed by atoms with E-state index >= 15 is 0 Å². The van der Waals surface area contributed by atoms with Gasteiger partial charge in [-0.05, 0) is 43.7 Å². The highest BCUT2D eigenvalue weighted by Gasteiger charge is 2.22. The maximum Gasteiger partial charge on any atom is 0.195 e. The first-order chi connectivity index (χ1) is 11.9. The van der Waals surface area contributed by atoms with Crippen LogP contribution in [0.25, 0.3) is 21.7 Å². The second kappa shape index (κ2) is 5.59. The third-order valence-corrected chi connectivity index (χ3v) is 4.69. The molecule has 4 aromatic rings. The standard InChI is InChI=1S/C23H21NO/c1-23(2,3)24-15-20(19-10-6-7-11-21(19)24)22(25)18-13-12-16-8-4-5-9-17(16)14-18/h4-15H,1-3H3. The molecule has 0 aliphatic heterocycles. The summed E-state index contributed by atoms with van der Waals surface area (Å²) in [6, 6.07) is 22.2. The summed E-state index contributed by atoms with van der Waals surface area (Å²) in [6.07, 6.45) is 2.00. The van der Waals surface area contributed by atoms with Gasteiger partial charge in [-0.15, -0.1) is 0 Å². The molecular formula is C23H21NO. The SMILES string of the molecule is CC(C)(C)n1cc(C(=O)c2ccc3ccccc3c2)c2ccccc21. The Labute approximate surface area is 147 Å². The summed E-state index contributed by atoms with van der Waals surface area (Å²) in [4.78, 5) is 13.2. The van der Waals surface area contributed by atoms with Crippen molar-refractivity contribution in [3.05, 3.63) is 84.1 Å². The van der Waals surface area contributed by atoms with E-state index in [0.29, 0.717) is 0 Å². The molecule has 1 aromatic heterocycles. The van der Waals surface area contributed by atoms with Gasteiger partial charge in [0.05, 0.1) is 0 Å². The maximum absolute atomic E-state index is 13.2. The van der Waals surface area contributed by atoms with Crippen molar-refractivity contribution in [2.24, 2.45) is 0 Å². The number of ketones is 1. The molecule has 0 amide bonds. The summed E-state index contributed by atoms with van der Waals surface area (Å²) >= 11 is 0. The second-order valence-electron chi connectivity index (χ2n) is 7.49. The van der Waals surface area contributed by atoms with Gasteiger partial charge in [0.25, 0.3) is 0 Å². The van der Waals surface area contributed by atoms with E-state index in [1.165, 1.54) is 0 Å². The van der Waals surface area contributed by atoms with Gasteiger partial charge in [-0.1, -0.05) is 54.6 Å². The van der Waals surface area contributed by atoms with E-state index in [-0.39, 0.29) is 11.3 Å². The number of benzene rings is 3. The summed E-state index contributed by atoms with van der Waals surface area (Å²) < 4.78 is 2.19. The van der Waals surface area contributed by atoms with Crippen molar-refractivity contribution in [2.75, 3.05) is 0 Å². The van der Waals surface area contributed by atoms with Gasteiger partial charge in [-0.3, -0.25) is 4.79 Å². The lowest BCUT2D eigenvalue weighted by Gasteiger charge is -2.22. The molecule has 0 radical (unpaired) electrons. The fraction of sp³-hybridized carbons (Fsp3) is 0.174. The van der Waals surface area contributed by atoms with Crippen LogP contribution < -0.4 is 0 Å². The third-order valence-electron chi connectivity index (χ3n) is 4.69. The number of hydrogen-bond donors (Lipinski definition) is 0. The average molecular weight is 327 g/mol. The smallest absolute Gasteiger partial charge is 0.195 e. The number of fused-ring (bicyclic) bond motifs is 2. The van der Waals surface area contributed by atoms with E-state index in [0.717, 1.165) is 32.8 Å². The van der Waals surface area contributed by atoms with Crippen molar-refractivity contribution in [3.63, 3.8) is 0 Å². The zero-order valence-electron chi connectivity index (χ0n) is 14.8. The number of aromatic nitrogens is 1. The molecule has 124 valence electrons. The third kappa shape index (κ3) is 2.64. The fourth-order valence-corrected chi connectivity index (χ4v) is 3.40. The fourth-order valence-electron chi connectivity index (χ4n) is 3.40. The maximum atomic E-state index is 13.2. The molecule has 0 atom stereocenters. The van der Waals surface area contributed by atoms with Crippen LogP contribution in [0.2, 0.25) is 0 Å². The lowest BCUT2D eigenvalue weighted by molar-refractivity contribution is 0.104. The number of carbonyl (C=O) groups excluding carboxylic acids is 1. The van der Waals surface area contributed by atoms with Crippen LogP contribution in [0.1, 0.15) is 36.7 Å². The molecule has 0 spiro atoms. The Morgan fingerprint density at radius 2 is 1.52 bits per heavy atom. The topological polar surface area (TPSA) is 22.0 Å². The monoisotopic (exact) mass is 327 g/mol.